The summed E-state index contributed by atoms with van der Waals surface area (Å²) in [5, 5.41) is 20.3. The highest BCUT2D eigenvalue weighted by Gasteiger charge is 2.44. The Morgan fingerprint density at radius 3 is 3.00 bits per heavy atom. The van der Waals surface area contributed by atoms with Crippen molar-refractivity contribution in [3.8, 4) is 11.4 Å². The number of hydrogen-bond donors (Lipinski definition) is 1. The summed E-state index contributed by atoms with van der Waals surface area (Å²) < 4.78 is 7.67. The number of benzene rings is 1. The fourth-order valence-corrected chi connectivity index (χ4v) is 4.85. The number of aryl methyl sites for hydroxylation is 1. The summed E-state index contributed by atoms with van der Waals surface area (Å²) in [6.45, 7) is 3.42. The van der Waals surface area contributed by atoms with Crippen LogP contribution >= 0.6 is 0 Å². The third-order valence-electron chi connectivity index (χ3n) is 6.93. The fourth-order valence-electron chi connectivity index (χ4n) is 4.85. The first kappa shape index (κ1) is 20.0. The summed E-state index contributed by atoms with van der Waals surface area (Å²) in [6, 6.07) is 11.4. The lowest BCUT2D eigenvalue weighted by Gasteiger charge is -2.36. The van der Waals surface area contributed by atoms with E-state index in [1.54, 1.807) is 15.5 Å². The molecule has 1 unspecified atom stereocenters. The van der Waals surface area contributed by atoms with Crippen LogP contribution in [0, 0.1) is 12.3 Å². The van der Waals surface area contributed by atoms with Crippen molar-refractivity contribution in [1.29, 1.82) is 0 Å². The van der Waals surface area contributed by atoms with Crippen LogP contribution in [0.1, 0.15) is 41.6 Å². The summed E-state index contributed by atoms with van der Waals surface area (Å²) in [5.74, 6) is 0.314. The number of hydrogen-bond acceptors (Lipinski definition) is 6. The van der Waals surface area contributed by atoms with Crippen molar-refractivity contribution in [2.45, 2.75) is 45.3 Å². The molecule has 1 aromatic carbocycles. The Labute approximate surface area is 190 Å². The molecule has 6 rings (SSSR count). The first-order valence-electron chi connectivity index (χ1n) is 11.3. The molecule has 1 amide bonds. The lowest BCUT2D eigenvalue weighted by atomic mass is 9.68. The molecule has 4 heterocycles. The van der Waals surface area contributed by atoms with E-state index < -0.39 is 0 Å². The van der Waals surface area contributed by atoms with Gasteiger partial charge in [-0.3, -0.25) is 4.79 Å². The van der Waals surface area contributed by atoms with Gasteiger partial charge in [0.15, 0.2) is 0 Å². The Kier molecular flexibility index (Phi) is 4.72. The van der Waals surface area contributed by atoms with Crippen LogP contribution in [-0.2, 0) is 11.3 Å². The van der Waals surface area contributed by atoms with E-state index in [9.17, 15) is 4.79 Å². The van der Waals surface area contributed by atoms with Gasteiger partial charge in [0, 0.05) is 17.4 Å². The van der Waals surface area contributed by atoms with Crippen LogP contribution in [0.15, 0.2) is 48.8 Å². The zero-order chi connectivity index (χ0) is 22.4. The van der Waals surface area contributed by atoms with Crippen LogP contribution in [0.2, 0.25) is 0 Å². The molecule has 1 aliphatic carbocycles. The average molecular weight is 444 g/mol. The van der Waals surface area contributed by atoms with E-state index in [0.717, 1.165) is 29.7 Å². The minimum absolute atomic E-state index is 0.145. The van der Waals surface area contributed by atoms with E-state index >= 15 is 0 Å². The van der Waals surface area contributed by atoms with Crippen molar-refractivity contribution in [3.05, 3.63) is 59.9 Å². The number of ether oxygens (including phenoxy) is 1. The molecule has 1 atom stereocenters. The Balaban J connectivity index is 1.19. The normalized spacial score (nSPS) is 19.1. The third-order valence-corrected chi connectivity index (χ3v) is 6.93. The highest BCUT2D eigenvalue weighted by atomic mass is 16.5. The maximum Gasteiger partial charge on any atom is 0.259 e. The van der Waals surface area contributed by atoms with E-state index in [0.29, 0.717) is 29.0 Å². The summed E-state index contributed by atoms with van der Waals surface area (Å²) >= 11 is 0. The van der Waals surface area contributed by atoms with E-state index in [-0.39, 0.29) is 12.0 Å². The highest BCUT2D eigenvalue weighted by Crippen LogP contribution is 2.49. The van der Waals surface area contributed by atoms with Gasteiger partial charge in [0.05, 0.1) is 36.5 Å². The first-order valence-corrected chi connectivity index (χ1v) is 11.3. The van der Waals surface area contributed by atoms with Crippen molar-refractivity contribution >= 4 is 17.1 Å². The van der Waals surface area contributed by atoms with Crippen LogP contribution in [0.25, 0.3) is 16.9 Å². The molecule has 3 aromatic heterocycles. The minimum atomic E-state index is -0.212. The van der Waals surface area contributed by atoms with Crippen LogP contribution in [0.5, 0.6) is 0 Å². The van der Waals surface area contributed by atoms with Gasteiger partial charge >= 0.3 is 0 Å². The molecule has 1 N–H and O–H groups in total. The van der Waals surface area contributed by atoms with E-state index in [1.165, 1.54) is 19.3 Å². The Bertz CT molecular complexity index is 1340. The number of fused-ring (bicyclic) bond motifs is 1. The van der Waals surface area contributed by atoms with Crippen LogP contribution in [0.3, 0.4) is 0 Å². The van der Waals surface area contributed by atoms with Gasteiger partial charge in [0.2, 0.25) is 5.82 Å². The standard InChI is InChI=1S/C24H25N7O2/c1-16-6-7-17(11-20(16)26-23(32)19-13-25-30-10-3-2-5-21(19)30)22-27-29-31(28-22)14-18-12-24(15-33-18)8-4-9-24/h2-3,5-7,10-11,13,18H,4,8-9,12,14-15H2,1H3,(H,26,32). The number of amides is 1. The molecular formula is C24H25N7O2. The monoisotopic (exact) mass is 443 g/mol. The zero-order valence-corrected chi connectivity index (χ0v) is 18.4. The highest BCUT2D eigenvalue weighted by molar-refractivity contribution is 6.09. The molecule has 1 spiro atoms. The Morgan fingerprint density at radius 1 is 1.27 bits per heavy atom. The Hall–Kier alpha value is -3.59. The van der Waals surface area contributed by atoms with E-state index in [4.69, 9.17) is 4.74 Å². The number of nitrogens with zero attached hydrogens (tertiary/aromatic N) is 6. The second kappa shape index (κ2) is 7.77. The SMILES string of the molecule is Cc1ccc(-c2nnn(CC3CC4(CCC4)CO3)n2)cc1NC(=O)c1cnn2ccccc12. The molecule has 1 aliphatic heterocycles. The van der Waals surface area contributed by atoms with E-state index in [2.05, 4.69) is 25.8 Å². The molecule has 9 heteroatoms. The molecule has 1 saturated heterocycles. The number of aromatic nitrogens is 6. The lowest BCUT2D eigenvalue weighted by molar-refractivity contribution is 0.0598. The number of pyridine rings is 1. The second-order valence-electron chi connectivity index (χ2n) is 9.23. The van der Waals surface area contributed by atoms with Gasteiger partial charge in [0.25, 0.3) is 5.91 Å². The molecule has 2 fully saturated rings. The first-order chi connectivity index (χ1) is 16.1. The van der Waals surface area contributed by atoms with Crippen molar-refractivity contribution in [2.75, 3.05) is 11.9 Å². The number of anilines is 1. The van der Waals surface area contributed by atoms with Crippen molar-refractivity contribution in [2.24, 2.45) is 5.41 Å². The van der Waals surface area contributed by atoms with Gasteiger partial charge in [0.1, 0.15) is 0 Å². The molecule has 0 radical (unpaired) electrons. The second-order valence-corrected chi connectivity index (χ2v) is 9.23. The maximum absolute atomic E-state index is 12.9. The van der Waals surface area contributed by atoms with Crippen LogP contribution in [-0.4, -0.2) is 48.4 Å². The van der Waals surface area contributed by atoms with Crippen molar-refractivity contribution in [3.63, 3.8) is 0 Å². The summed E-state index contributed by atoms with van der Waals surface area (Å²) in [4.78, 5) is 14.6. The summed E-state index contributed by atoms with van der Waals surface area (Å²) in [7, 11) is 0. The predicted octanol–water partition coefficient (Wildman–Crippen LogP) is 3.51. The molecule has 1 saturated carbocycles. The third kappa shape index (κ3) is 3.68. The topological polar surface area (TPSA) is 99.2 Å². The number of rotatable bonds is 5. The van der Waals surface area contributed by atoms with Crippen molar-refractivity contribution < 1.29 is 9.53 Å². The van der Waals surface area contributed by atoms with E-state index in [1.807, 2.05) is 49.5 Å². The van der Waals surface area contributed by atoms with Gasteiger partial charge in [-0.2, -0.15) is 9.90 Å². The van der Waals surface area contributed by atoms with Gasteiger partial charge < -0.3 is 10.1 Å². The number of tetrazole rings is 1. The predicted molar refractivity (Wildman–Crippen MR) is 122 cm³/mol. The molecular weight excluding hydrogens is 418 g/mol. The Morgan fingerprint density at radius 2 is 2.18 bits per heavy atom. The quantitative estimate of drug-likeness (QED) is 0.507. The van der Waals surface area contributed by atoms with Gasteiger partial charge in [-0.25, -0.2) is 4.52 Å². The molecule has 168 valence electrons. The number of carbonyl (C=O) groups is 1. The largest absolute Gasteiger partial charge is 0.376 e. The smallest absolute Gasteiger partial charge is 0.259 e. The van der Waals surface area contributed by atoms with Crippen molar-refractivity contribution in [1.82, 2.24) is 29.8 Å². The zero-order valence-electron chi connectivity index (χ0n) is 18.4. The van der Waals surface area contributed by atoms with Crippen LogP contribution in [0.4, 0.5) is 5.69 Å². The van der Waals surface area contributed by atoms with Gasteiger partial charge in [-0.1, -0.05) is 24.6 Å². The molecule has 0 bridgehead atoms. The molecule has 33 heavy (non-hydrogen) atoms. The molecule has 4 aromatic rings. The minimum Gasteiger partial charge on any atom is -0.376 e. The van der Waals surface area contributed by atoms with Crippen LogP contribution < -0.4 is 5.32 Å². The van der Waals surface area contributed by atoms with Gasteiger partial charge in [-0.05, 0) is 60.6 Å². The molecule has 9 nitrogen and oxygen atoms in total. The summed E-state index contributed by atoms with van der Waals surface area (Å²) in [5.41, 5.74) is 4.12. The lowest BCUT2D eigenvalue weighted by Crippen LogP contribution is -2.30. The average Bonchev–Trinajstić information content (AvgIpc) is 3.53. The maximum atomic E-state index is 12.9. The number of carbonyl (C=O) groups excluding carboxylic acids is 1. The van der Waals surface area contributed by atoms with Gasteiger partial charge in [-0.15, -0.1) is 10.2 Å². The summed E-state index contributed by atoms with van der Waals surface area (Å²) in [6.07, 6.45) is 8.47. The fraction of sp³-hybridized carbons (Fsp3) is 0.375. The molecule has 2 aliphatic rings. The number of nitrogens with one attached hydrogen (secondary N) is 1.